The minimum Gasteiger partial charge on any atom is -0.307 e. The molecule has 2 atom stereocenters. The topological polar surface area (TPSA) is 40.7 Å². The molecule has 0 bridgehead atoms. The lowest BCUT2D eigenvalue weighted by Crippen LogP contribution is -2.35. The second kappa shape index (κ2) is 5.15. The van der Waals surface area contributed by atoms with Crippen LogP contribution in [0, 0.1) is 5.92 Å². The molecule has 0 spiro atoms. The molecule has 80 valence electrons. The molecule has 3 nitrogen and oxygen atoms in total. The summed E-state index contributed by atoms with van der Waals surface area (Å²) in [5, 5.41) is 10.4. The molecule has 3 heteroatoms. The zero-order valence-corrected chi connectivity index (χ0v) is 9.54. The number of H-pyrrole nitrogens is 1. The summed E-state index contributed by atoms with van der Waals surface area (Å²) in [6.45, 7) is 8.90. The van der Waals surface area contributed by atoms with E-state index in [2.05, 4.69) is 43.2 Å². The first-order valence-corrected chi connectivity index (χ1v) is 5.39. The fraction of sp³-hybridized carbons (Fsp3) is 0.727. The van der Waals surface area contributed by atoms with Crippen LogP contribution in [0.1, 0.15) is 45.7 Å². The van der Waals surface area contributed by atoms with Crippen molar-refractivity contribution in [1.29, 1.82) is 0 Å². The normalized spacial score (nSPS) is 15.8. The fourth-order valence-corrected chi connectivity index (χ4v) is 1.70. The molecule has 0 aromatic carbocycles. The number of hydrogen-bond donors (Lipinski definition) is 2. The van der Waals surface area contributed by atoms with E-state index in [0.717, 1.165) is 0 Å². The van der Waals surface area contributed by atoms with E-state index in [4.69, 9.17) is 0 Å². The van der Waals surface area contributed by atoms with Crippen molar-refractivity contribution in [3.63, 3.8) is 0 Å². The highest BCUT2D eigenvalue weighted by Crippen LogP contribution is 2.14. The molecule has 1 aromatic heterocycles. The van der Waals surface area contributed by atoms with E-state index in [1.54, 1.807) is 0 Å². The predicted molar refractivity (Wildman–Crippen MR) is 59.1 cm³/mol. The van der Waals surface area contributed by atoms with Crippen molar-refractivity contribution in [1.82, 2.24) is 15.5 Å². The highest BCUT2D eigenvalue weighted by Gasteiger charge is 2.14. The van der Waals surface area contributed by atoms with E-state index in [0.29, 0.717) is 18.0 Å². The average molecular weight is 195 g/mol. The summed E-state index contributed by atoms with van der Waals surface area (Å²) in [7, 11) is 0. The largest absolute Gasteiger partial charge is 0.307 e. The van der Waals surface area contributed by atoms with Crippen LogP contribution in [-0.4, -0.2) is 16.2 Å². The lowest BCUT2D eigenvalue weighted by Gasteiger charge is -2.24. The molecule has 0 aliphatic carbocycles. The molecule has 0 radical (unpaired) electrons. The smallest absolute Gasteiger partial charge is 0.0534 e. The van der Waals surface area contributed by atoms with Gasteiger partial charge < -0.3 is 5.32 Å². The maximum atomic E-state index is 3.96. The Morgan fingerprint density at radius 3 is 2.57 bits per heavy atom. The number of hydrogen-bond acceptors (Lipinski definition) is 2. The summed E-state index contributed by atoms with van der Waals surface area (Å²) in [6.07, 6.45) is 5.00. The van der Waals surface area contributed by atoms with Crippen molar-refractivity contribution in [2.45, 2.75) is 46.2 Å². The van der Waals surface area contributed by atoms with Gasteiger partial charge in [0, 0.05) is 23.8 Å². The maximum Gasteiger partial charge on any atom is 0.0534 e. The van der Waals surface area contributed by atoms with Gasteiger partial charge in [0.15, 0.2) is 0 Å². The summed E-state index contributed by atoms with van der Waals surface area (Å²) in [5.74, 6) is 0.675. The van der Waals surface area contributed by atoms with Gasteiger partial charge in [-0.2, -0.15) is 5.10 Å². The Bertz CT molecular complexity index is 241. The molecule has 0 fully saturated rings. The first-order chi connectivity index (χ1) is 6.65. The van der Waals surface area contributed by atoms with Gasteiger partial charge in [0.25, 0.3) is 0 Å². The Morgan fingerprint density at radius 1 is 1.43 bits per heavy atom. The van der Waals surface area contributed by atoms with Gasteiger partial charge in [-0.1, -0.05) is 20.8 Å². The summed E-state index contributed by atoms with van der Waals surface area (Å²) in [5.41, 5.74) is 1.23. The average Bonchev–Trinajstić information content (AvgIpc) is 2.65. The molecule has 0 aliphatic heterocycles. The molecule has 1 heterocycles. The second-order valence-electron chi connectivity index (χ2n) is 4.18. The van der Waals surface area contributed by atoms with Crippen LogP contribution >= 0.6 is 0 Å². The van der Waals surface area contributed by atoms with Crippen molar-refractivity contribution in [3.05, 3.63) is 18.0 Å². The third-order valence-electron chi connectivity index (χ3n) is 2.73. The van der Waals surface area contributed by atoms with Gasteiger partial charge in [0.1, 0.15) is 0 Å². The molecule has 2 N–H and O–H groups in total. The van der Waals surface area contributed by atoms with Crippen molar-refractivity contribution in [2.75, 3.05) is 0 Å². The van der Waals surface area contributed by atoms with Gasteiger partial charge in [0.2, 0.25) is 0 Å². The lowest BCUT2D eigenvalue weighted by atomic mass is 10.00. The molecule has 1 aromatic rings. The highest BCUT2D eigenvalue weighted by atomic mass is 15.1. The molecule has 0 aliphatic rings. The van der Waals surface area contributed by atoms with Crippen LogP contribution in [0.4, 0.5) is 0 Å². The van der Waals surface area contributed by atoms with Gasteiger partial charge in [0.05, 0.1) is 6.20 Å². The van der Waals surface area contributed by atoms with Crippen LogP contribution in [0.15, 0.2) is 12.4 Å². The molecule has 14 heavy (non-hydrogen) atoms. The lowest BCUT2D eigenvalue weighted by molar-refractivity contribution is 0.356. The van der Waals surface area contributed by atoms with Gasteiger partial charge >= 0.3 is 0 Å². The van der Waals surface area contributed by atoms with Gasteiger partial charge in [-0.15, -0.1) is 0 Å². The van der Waals surface area contributed by atoms with Crippen LogP contribution in [0.5, 0.6) is 0 Å². The van der Waals surface area contributed by atoms with Crippen LogP contribution in [0.2, 0.25) is 0 Å². The quantitative estimate of drug-likeness (QED) is 0.758. The van der Waals surface area contributed by atoms with E-state index in [1.807, 2.05) is 12.4 Å². The van der Waals surface area contributed by atoms with Crippen LogP contribution < -0.4 is 5.32 Å². The number of nitrogens with zero attached hydrogens (tertiary/aromatic N) is 1. The number of aromatic nitrogens is 2. The summed E-state index contributed by atoms with van der Waals surface area (Å²) >= 11 is 0. The fourth-order valence-electron chi connectivity index (χ4n) is 1.70. The number of rotatable bonds is 5. The predicted octanol–water partition coefficient (Wildman–Crippen LogP) is 2.49. The van der Waals surface area contributed by atoms with Gasteiger partial charge in [-0.05, 0) is 19.3 Å². The van der Waals surface area contributed by atoms with Gasteiger partial charge in [-0.3, -0.25) is 5.10 Å². The SMILES string of the molecule is CCC(NC(C)c1cn[nH]c1)C(C)C. The Kier molecular flexibility index (Phi) is 4.14. The zero-order chi connectivity index (χ0) is 10.6. The molecular formula is C11H21N3. The van der Waals surface area contributed by atoms with Crippen molar-refractivity contribution in [3.8, 4) is 0 Å². The molecule has 0 amide bonds. The Hall–Kier alpha value is -0.830. The first-order valence-electron chi connectivity index (χ1n) is 5.39. The standard InChI is InChI=1S/C11H21N3/c1-5-11(8(2)3)14-9(4)10-6-12-13-7-10/h6-9,11,14H,5H2,1-4H3,(H,12,13). The minimum absolute atomic E-state index is 0.376. The Balaban J connectivity index is 2.51. The number of nitrogens with one attached hydrogen (secondary N) is 2. The van der Waals surface area contributed by atoms with E-state index in [-0.39, 0.29) is 0 Å². The second-order valence-corrected chi connectivity index (χ2v) is 4.18. The molecule has 0 saturated heterocycles. The Morgan fingerprint density at radius 2 is 2.14 bits per heavy atom. The summed E-state index contributed by atoms with van der Waals surface area (Å²) < 4.78 is 0. The third kappa shape index (κ3) is 2.84. The van der Waals surface area contributed by atoms with Crippen molar-refractivity contribution < 1.29 is 0 Å². The van der Waals surface area contributed by atoms with E-state index in [9.17, 15) is 0 Å². The summed E-state index contributed by atoms with van der Waals surface area (Å²) in [6, 6.07) is 0.959. The van der Waals surface area contributed by atoms with Crippen molar-refractivity contribution in [2.24, 2.45) is 5.92 Å². The maximum absolute atomic E-state index is 3.96. The zero-order valence-electron chi connectivity index (χ0n) is 9.54. The molecule has 1 rings (SSSR count). The molecule has 0 saturated carbocycles. The van der Waals surface area contributed by atoms with Crippen LogP contribution in [0.3, 0.4) is 0 Å². The third-order valence-corrected chi connectivity index (χ3v) is 2.73. The highest BCUT2D eigenvalue weighted by molar-refractivity contribution is 5.08. The van der Waals surface area contributed by atoms with E-state index in [1.165, 1.54) is 12.0 Å². The van der Waals surface area contributed by atoms with Crippen LogP contribution in [0.25, 0.3) is 0 Å². The number of aromatic amines is 1. The molecular weight excluding hydrogens is 174 g/mol. The van der Waals surface area contributed by atoms with E-state index < -0.39 is 0 Å². The summed E-state index contributed by atoms with van der Waals surface area (Å²) in [4.78, 5) is 0. The van der Waals surface area contributed by atoms with Crippen molar-refractivity contribution >= 4 is 0 Å². The Labute approximate surface area is 86.3 Å². The van der Waals surface area contributed by atoms with Gasteiger partial charge in [-0.25, -0.2) is 0 Å². The monoisotopic (exact) mass is 195 g/mol. The van der Waals surface area contributed by atoms with Crippen LogP contribution in [-0.2, 0) is 0 Å². The van der Waals surface area contributed by atoms with E-state index >= 15 is 0 Å². The first kappa shape index (κ1) is 11.2. The molecule has 2 unspecified atom stereocenters. The minimum atomic E-state index is 0.376.